The molecule has 0 bridgehead atoms. The Hall–Kier alpha value is -0.570. The van der Waals surface area contributed by atoms with E-state index in [1.165, 1.54) is 0 Å². The summed E-state index contributed by atoms with van der Waals surface area (Å²) in [6.45, 7) is 1.60. The third kappa shape index (κ3) is 0.477. The molecule has 0 unspecified atom stereocenters. The molecular weight excluding hydrogens is 118 g/mol. The molecule has 0 radical (unpaired) electrons. The van der Waals surface area contributed by atoms with Gasteiger partial charge in [0.1, 0.15) is 0 Å². The number of aliphatic carboxylic acids is 1. The summed E-state index contributed by atoms with van der Waals surface area (Å²) < 4.78 is 0. The standard InChI is InChI=1S/C6H9NO2/c8-5(9)6-1-4(6)2-7-3-6/h4,7H,1-3H2,(H,8,9)/t4-,6+/m0/s1. The Balaban J connectivity index is 2.19. The van der Waals surface area contributed by atoms with Crippen molar-refractivity contribution in [3.8, 4) is 0 Å². The first kappa shape index (κ1) is 5.23. The fraction of sp³-hybridized carbons (Fsp3) is 0.833. The van der Waals surface area contributed by atoms with Crippen molar-refractivity contribution >= 4 is 5.97 Å². The zero-order valence-corrected chi connectivity index (χ0v) is 5.05. The predicted molar refractivity (Wildman–Crippen MR) is 31.0 cm³/mol. The van der Waals surface area contributed by atoms with E-state index >= 15 is 0 Å². The maximum atomic E-state index is 10.5. The summed E-state index contributed by atoms with van der Waals surface area (Å²) in [6.07, 6.45) is 0.898. The minimum absolute atomic E-state index is 0.333. The topological polar surface area (TPSA) is 49.3 Å². The average Bonchev–Trinajstić information content (AvgIpc) is 2.38. The van der Waals surface area contributed by atoms with E-state index < -0.39 is 5.97 Å². The van der Waals surface area contributed by atoms with Gasteiger partial charge in [0, 0.05) is 6.54 Å². The maximum absolute atomic E-state index is 10.5. The molecule has 2 N–H and O–H groups in total. The van der Waals surface area contributed by atoms with Crippen molar-refractivity contribution < 1.29 is 9.90 Å². The number of carbonyl (C=O) groups is 1. The number of rotatable bonds is 1. The van der Waals surface area contributed by atoms with Crippen LogP contribution in [0.3, 0.4) is 0 Å². The summed E-state index contributed by atoms with van der Waals surface area (Å²) in [5.41, 5.74) is -0.333. The van der Waals surface area contributed by atoms with Crippen LogP contribution in [0.25, 0.3) is 0 Å². The molecule has 1 aliphatic heterocycles. The molecule has 3 heteroatoms. The van der Waals surface area contributed by atoms with Crippen LogP contribution in [0.4, 0.5) is 0 Å². The maximum Gasteiger partial charge on any atom is 0.311 e. The van der Waals surface area contributed by atoms with Crippen LogP contribution in [0, 0.1) is 11.3 Å². The molecule has 0 spiro atoms. The first-order chi connectivity index (χ1) is 4.26. The molecule has 2 fully saturated rings. The van der Waals surface area contributed by atoms with Crippen LogP contribution in [0.15, 0.2) is 0 Å². The Morgan fingerprint density at radius 2 is 2.56 bits per heavy atom. The van der Waals surface area contributed by atoms with Crippen LogP contribution in [-0.2, 0) is 4.79 Å². The fourth-order valence-corrected chi connectivity index (χ4v) is 1.67. The van der Waals surface area contributed by atoms with Gasteiger partial charge in [0.2, 0.25) is 0 Å². The quantitative estimate of drug-likeness (QED) is 0.507. The van der Waals surface area contributed by atoms with E-state index in [0.717, 1.165) is 13.0 Å². The Morgan fingerprint density at radius 3 is 2.78 bits per heavy atom. The molecule has 50 valence electrons. The Labute approximate surface area is 53.1 Å². The SMILES string of the molecule is O=C(O)[C@]12CNC[C@@H]1C2. The van der Waals surface area contributed by atoms with E-state index in [1.54, 1.807) is 0 Å². The zero-order chi connectivity index (χ0) is 6.48. The summed E-state index contributed by atoms with van der Waals surface area (Å²) in [5, 5.41) is 11.7. The number of nitrogens with one attached hydrogen (secondary N) is 1. The van der Waals surface area contributed by atoms with Crippen molar-refractivity contribution in [1.29, 1.82) is 0 Å². The average molecular weight is 127 g/mol. The molecule has 2 rings (SSSR count). The van der Waals surface area contributed by atoms with E-state index in [9.17, 15) is 4.79 Å². The van der Waals surface area contributed by atoms with Crippen molar-refractivity contribution in [3.63, 3.8) is 0 Å². The van der Waals surface area contributed by atoms with Gasteiger partial charge in [-0.25, -0.2) is 0 Å². The molecule has 0 amide bonds. The molecule has 3 nitrogen and oxygen atoms in total. The van der Waals surface area contributed by atoms with E-state index in [2.05, 4.69) is 5.32 Å². The minimum atomic E-state index is -0.613. The highest BCUT2D eigenvalue weighted by Gasteiger charge is 2.62. The zero-order valence-electron chi connectivity index (χ0n) is 5.05. The Kier molecular flexibility index (Phi) is 0.750. The lowest BCUT2D eigenvalue weighted by atomic mass is 10.1. The number of hydrogen-bond donors (Lipinski definition) is 2. The third-order valence-corrected chi connectivity index (χ3v) is 2.49. The monoisotopic (exact) mass is 127 g/mol. The fourth-order valence-electron chi connectivity index (χ4n) is 1.67. The van der Waals surface area contributed by atoms with Crippen molar-refractivity contribution in [3.05, 3.63) is 0 Å². The lowest BCUT2D eigenvalue weighted by molar-refractivity contribution is -0.143. The summed E-state index contributed by atoms with van der Waals surface area (Å²) in [7, 11) is 0. The Morgan fingerprint density at radius 1 is 1.78 bits per heavy atom. The molecule has 1 heterocycles. The van der Waals surface area contributed by atoms with E-state index in [1.807, 2.05) is 0 Å². The second-order valence-electron chi connectivity index (χ2n) is 2.99. The summed E-state index contributed by atoms with van der Waals surface area (Å²) in [4.78, 5) is 10.5. The summed E-state index contributed by atoms with van der Waals surface area (Å²) >= 11 is 0. The smallest absolute Gasteiger partial charge is 0.311 e. The Bertz CT molecular complexity index is 168. The molecular formula is C6H9NO2. The van der Waals surface area contributed by atoms with Gasteiger partial charge in [0.05, 0.1) is 5.41 Å². The van der Waals surface area contributed by atoms with Gasteiger partial charge < -0.3 is 10.4 Å². The second kappa shape index (κ2) is 1.29. The first-order valence-corrected chi connectivity index (χ1v) is 3.20. The van der Waals surface area contributed by atoms with Gasteiger partial charge in [0.15, 0.2) is 0 Å². The molecule has 2 aliphatic rings. The van der Waals surface area contributed by atoms with Crippen molar-refractivity contribution in [1.82, 2.24) is 5.32 Å². The highest BCUT2D eigenvalue weighted by atomic mass is 16.4. The van der Waals surface area contributed by atoms with E-state index in [0.29, 0.717) is 12.5 Å². The van der Waals surface area contributed by atoms with Crippen molar-refractivity contribution in [2.24, 2.45) is 11.3 Å². The lowest BCUT2D eigenvalue weighted by Gasteiger charge is -2.01. The second-order valence-corrected chi connectivity index (χ2v) is 2.99. The normalized spacial score (nSPS) is 46.4. The van der Waals surface area contributed by atoms with Gasteiger partial charge in [-0.15, -0.1) is 0 Å². The van der Waals surface area contributed by atoms with Crippen LogP contribution in [0.2, 0.25) is 0 Å². The molecule has 1 aliphatic carbocycles. The molecule has 0 aromatic carbocycles. The number of piperidine rings is 1. The highest BCUT2D eigenvalue weighted by molar-refractivity contribution is 5.79. The molecule has 0 aromatic rings. The largest absolute Gasteiger partial charge is 0.481 e. The number of carboxylic acids is 1. The third-order valence-electron chi connectivity index (χ3n) is 2.49. The summed E-state index contributed by atoms with van der Waals surface area (Å²) in [5.74, 6) is -0.174. The molecule has 1 saturated carbocycles. The van der Waals surface area contributed by atoms with Gasteiger partial charge >= 0.3 is 5.97 Å². The van der Waals surface area contributed by atoms with E-state index in [4.69, 9.17) is 5.11 Å². The van der Waals surface area contributed by atoms with Crippen LogP contribution in [-0.4, -0.2) is 24.2 Å². The minimum Gasteiger partial charge on any atom is -0.481 e. The molecule has 2 atom stereocenters. The van der Waals surface area contributed by atoms with Crippen LogP contribution in [0.5, 0.6) is 0 Å². The van der Waals surface area contributed by atoms with Crippen LogP contribution in [0.1, 0.15) is 6.42 Å². The number of hydrogen-bond acceptors (Lipinski definition) is 2. The van der Waals surface area contributed by atoms with Crippen LogP contribution >= 0.6 is 0 Å². The van der Waals surface area contributed by atoms with Gasteiger partial charge in [0.25, 0.3) is 0 Å². The van der Waals surface area contributed by atoms with Crippen molar-refractivity contribution in [2.45, 2.75) is 6.42 Å². The van der Waals surface area contributed by atoms with Gasteiger partial charge in [-0.1, -0.05) is 0 Å². The molecule has 9 heavy (non-hydrogen) atoms. The van der Waals surface area contributed by atoms with E-state index in [-0.39, 0.29) is 5.41 Å². The molecule has 1 saturated heterocycles. The predicted octanol–water partition coefficient (Wildman–Crippen LogP) is -0.319. The highest BCUT2D eigenvalue weighted by Crippen LogP contribution is 2.54. The molecule has 0 aromatic heterocycles. The van der Waals surface area contributed by atoms with Crippen LogP contribution < -0.4 is 5.32 Å². The number of carboxylic acid groups (broad SMARTS) is 1. The van der Waals surface area contributed by atoms with Gasteiger partial charge in [-0.3, -0.25) is 4.79 Å². The van der Waals surface area contributed by atoms with Crippen molar-refractivity contribution in [2.75, 3.05) is 13.1 Å². The van der Waals surface area contributed by atoms with Gasteiger partial charge in [-0.05, 0) is 18.9 Å². The lowest BCUT2D eigenvalue weighted by Crippen LogP contribution is -2.23. The first-order valence-electron chi connectivity index (χ1n) is 3.20. The van der Waals surface area contributed by atoms with Gasteiger partial charge in [-0.2, -0.15) is 0 Å². The summed E-state index contributed by atoms with van der Waals surface area (Å²) in [6, 6.07) is 0. The number of fused-ring (bicyclic) bond motifs is 1.